The van der Waals surface area contributed by atoms with Gasteiger partial charge in [-0.1, -0.05) is 13.8 Å². The average molecular weight is 282 g/mol. The number of pyridine rings is 1. The molecule has 0 fully saturated rings. The predicted molar refractivity (Wildman–Crippen MR) is 82.9 cm³/mol. The van der Waals surface area contributed by atoms with Crippen molar-refractivity contribution in [3.63, 3.8) is 0 Å². The van der Waals surface area contributed by atoms with Gasteiger partial charge in [0.1, 0.15) is 5.82 Å². The normalized spacial score (nSPS) is 15.2. The van der Waals surface area contributed by atoms with Gasteiger partial charge in [-0.15, -0.1) is 0 Å². The molecular weight excluding hydrogens is 260 g/mol. The summed E-state index contributed by atoms with van der Waals surface area (Å²) in [5, 5.41) is 0. The fraction of sp³-hybridized carbons (Fsp3) is 0.471. The van der Waals surface area contributed by atoms with Gasteiger partial charge in [0, 0.05) is 61.8 Å². The molecule has 0 saturated carbocycles. The van der Waals surface area contributed by atoms with E-state index in [0.717, 1.165) is 31.9 Å². The van der Waals surface area contributed by atoms with E-state index in [0.29, 0.717) is 5.92 Å². The number of fused-ring (bicyclic) bond motifs is 1. The molecule has 4 heteroatoms. The van der Waals surface area contributed by atoms with Gasteiger partial charge in [-0.05, 0) is 24.1 Å². The predicted octanol–water partition coefficient (Wildman–Crippen LogP) is 2.86. The van der Waals surface area contributed by atoms with Crippen molar-refractivity contribution in [3.05, 3.63) is 52.9 Å². The van der Waals surface area contributed by atoms with Gasteiger partial charge in [0.05, 0.1) is 0 Å². The van der Waals surface area contributed by atoms with Gasteiger partial charge in [-0.25, -0.2) is 9.97 Å². The van der Waals surface area contributed by atoms with Crippen LogP contribution in [0.4, 0.5) is 0 Å². The van der Waals surface area contributed by atoms with E-state index in [1.165, 1.54) is 22.4 Å². The molecule has 0 amide bonds. The van der Waals surface area contributed by atoms with E-state index in [2.05, 4.69) is 41.7 Å². The maximum atomic E-state index is 4.72. The van der Waals surface area contributed by atoms with Crippen LogP contribution in [0.5, 0.6) is 0 Å². The van der Waals surface area contributed by atoms with E-state index < -0.39 is 0 Å². The summed E-state index contributed by atoms with van der Waals surface area (Å²) >= 11 is 0. The summed E-state index contributed by atoms with van der Waals surface area (Å²) in [6.07, 6.45) is 6.85. The van der Waals surface area contributed by atoms with Gasteiger partial charge in [0.2, 0.25) is 0 Å². The van der Waals surface area contributed by atoms with Crippen molar-refractivity contribution in [2.45, 2.75) is 46.2 Å². The van der Waals surface area contributed by atoms with Crippen molar-refractivity contribution >= 4 is 0 Å². The first-order chi connectivity index (χ1) is 10.1. The minimum absolute atomic E-state index is 0.395. The third-order valence-corrected chi connectivity index (χ3v) is 4.09. The molecule has 0 atom stereocenters. The summed E-state index contributed by atoms with van der Waals surface area (Å²) in [5.41, 5.74) is 5.11. The lowest BCUT2D eigenvalue weighted by Gasteiger charge is -2.28. The Kier molecular flexibility index (Phi) is 3.97. The number of aromatic nitrogens is 3. The number of rotatable bonds is 3. The van der Waals surface area contributed by atoms with Crippen molar-refractivity contribution < 1.29 is 0 Å². The Bertz CT molecular complexity index is 636. The molecule has 3 rings (SSSR count). The van der Waals surface area contributed by atoms with E-state index in [9.17, 15) is 0 Å². The molecule has 0 spiro atoms. The fourth-order valence-corrected chi connectivity index (χ4v) is 2.71. The van der Waals surface area contributed by atoms with Crippen LogP contribution in [0.15, 0.2) is 24.7 Å². The Balaban J connectivity index is 1.74. The maximum absolute atomic E-state index is 4.72. The number of hydrogen-bond acceptors (Lipinski definition) is 4. The van der Waals surface area contributed by atoms with Crippen LogP contribution in [0, 0.1) is 6.92 Å². The Morgan fingerprint density at radius 1 is 1.29 bits per heavy atom. The molecule has 110 valence electrons. The first-order valence-corrected chi connectivity index (χ1v) is 7.60. The molecule has 1 aliphatic rings. The largest absolute Gasteiger partial charge is 0.294 e. The quantitative estimate of drug-likeness (QED) is 0.868. The summed E-state index contributed by atoms with van der Waals surface area (Å²) in [6.45, 7) is 9.36. The first-order valence-electron chi connectivity index (χ1n) is 7.60. The molecule has 4 nitrogen and oxygen atoms in total. The average Bonchev–Trinajstić information content (AvgIpc) is 2.49. The van der Waals surface area contributed by atoms with Crippen molar-refractivity contribution in [2.24, 2.45) is 0 Å². The molecule has 21 heavy (non-hydrogen) atoms. The molecule has 1 aliphatic heterocycles. The van der Waals surface area contributed by atoms with E-state index in [1.54, 1.807) is 0 Å². The molecule has 3 heterocycles. The molecular formula is C17H22N4. The molecule has 0 saturated heterocycles. The smallest absolute Gasteiger partial charge is 0.131 e. The number of hydrogen-bond donors (Lipinski definition) is 0. The van der Waals surface area contributed by atoms with E-state index in [-0.39, 0.29) is 0 Å². The van der Waals surface area contributed by atoms with Crippen molar-refractivity contribution in [2.75, 3.05) is 6.54 Å². The molecule has 0 aliphatic carbocycles. The molecule has 0 N–H and O–H groups in total. The third kappa shape index (κ3) is 3.10. The Morgan fingerprint density at radius 2 is 2.14 bits per heavy atom. The van der Waals surface area contributed by atoms with Crippen LogP contribution in [-0.4, -0.2) is 26.4 Å². The second-order valence-electron chi connectivity index (χ2n) is 6.12. The van der Waals surface area contributed by atoms with Crippen LogP contribution in [0.3, 0.4) is 0 Å². The monoisotopic (exact) mass is 282 g/mol. The second-order valence-corrected chi connectivity index (χ2v) is 6.12. The van der Waals surface area contributed by atoms with Crippen LogP contribution in [0.25, 0.3) is 0 Å². The highest BCUT2D eigenvalue weighted by Gasteiger charge is 2.19. The zero-order chi connectivity index (χ0) is 14.8. The highest BCUT2D eigenvalue weighted by molar-refractivity contribution is 5.24. The molecule has 0 unspecified atom stereocenters. The minimum Gasteiger partial charge on any atom is -0.294 e. The van der Waals surface area contributed by atoms with Crippen molar-refractivity contribution in [1.82, 2.24) is 19.9 Å². The highest BCUT2D eigenvalue weighted by Crippen LogP contribution is 2.21. The van der Waals surface area contributed by atoms with E-state index in [4.69, 9.17) is 4.98 Å². The lowest BCUT2D eigenvalue weighted by atomic mass is 10.0. The number of aryl methyl sites for hydroxylation is 1. The minimum atomic E-state index is 0.395. The van der Waals surface area contributed by atoms with Crippen molar-refractivity contribution in [1.29, 1.82) is 0 Å². The fourth-order valence-electron chi connectivity index (χ4n) is 2.71. The Labute approximate surface area is 126 Å². The van der Waals surface area contributed by atoms with Crippen molar-refractivity contribution in [3.8, 4) is 0 Å². The highest BCUT2D eigenvalue weighted by atomic mass is 15.1. The van der Waals surface area contributed by atoms with E-state index in [1.807, 2.05) is 18.6 Å². The summed E-state index contributed by atoms with van der Waals surface area (Å²) in [4.78, 5) is 15.9. The van der Waals surface area contributed by atoms with Gasteiger partial charge < -0.3 is 0 Å². The lowest BCUT2D eigenvalue weighted by molar-refractivity contribution is 0.241. The molecule has 0 bridgehead atoms. The van der Waals surface area contributed by atoms with Gasteiger partial charge >= 0.3 is 0 Å². The molecule has 0 radical (unpaired) electrons. The molecule has 2 aromatic rings. The summed E-state index contributed by atoms with van der Waals surface area (Å²) < 4.78 is 0. The van der Waals surface area contributed by atoms with Gasteiger partial charge in [-0.2, -0.15) is 0 Å². The third-order valence-electron chi connectivity index (χ3n) is 4.09. The van der Waals surface area contributed by atoms with Crippen LogP contribution in [-0.2, 0) is 19.5 Å². The van der Waals surface area contributed by atoms with Crippen LogP contribution >= 0.6 is 0 Å². The molecule has 2 aromatic heterocycles. The van der Waals surface area contributed by atoms with Gasteiger partial charge in [0.25, 0.3) is 0 Å². The second kappa shape index (κ2) is 5.90. The maximum Gasteiger partial charge on any atom is 0.131 e. The number of nitrogens with zero attached hydrogens (tertiary/aromatic N) is 4. The lowest BCUT2D eigenvalue weighted by Crippen LogP contribution is -2.31. The first kappa shape index (κ1) is 14.1. The zero-order valence-corrected chi connectivity index (χ0v) is 13.0. The Hall–Kier alpha value is -1.81. The summed E-state index contributed by atoms with van der Waals surface area (Å²) in [6, 6.07) is 2.07. The van der Waals surface area contributed by atoms with Gasteiger partial charge in [-0.3, -0.25) is 9.88 Å². The van der Waals surface area contributed by atoms with Crippen LogP contribution in [0.2, 0.25) is 0 Å². The van der Waals surface area contributed by atoms with E-state index >= 15 is 0 Å². The zero-order valence-electron chi connectivity index (χ0n) is 13.0. The molecule has 0 aromatic carbocycles. The summed E-state index contributed by atoms with van der Waals surface area (Å²) in [7, 11) is 0. The topological polar surface area (TPSA) is 41.9 Å². The SMILES string of the molecule is Cc1ccncc1CN1CCc2nc(C(C)C)ncc2C1. The van der Waals surface area contributed by atoms with Gasteiger partial charge in [0.15, 0.2) is 0 Å². The summed E-state index contributed by atoms with van der Waals surface area (Å²) in [5.74, 6) is 1.36. The Morgan fingerprint density at radius 3 is 2.90 bits per heavy atom. The van der Waals surface area contributed by atoms with Crippen LogP contribution in [0.1, 0.15) is 48.0 Å². The van der Waals surface area contributed by atoms with Crippen LogP contribution < -0.4 is 0 Å². The standard InChI is InChI=1S/C17H22N4/c1-12(2)17-19-9-15-11-21(7-5-16(15)20-17)10-14-8-18-6-4-13(14)3/h4,6,8-9,12H,5,7,10-11H2,1-3H3.